The molecule has 2 rings (SSSR count). The van der Waals surface area contributed by atoms with Crippen LogP contribution in [0.3, 0.4) is 0 Å². The third-order valence-electron chi connectivity index (χ3n) is 3.26. The second-order valence-electron chi connectivity index (χ2n) is 4.85. The largest absolute Gasteiger partial charge is 0.496 e. The minimum absolute atomic E-state index is 0.210. The van der Waals surface area contributed by atoms with Crippen LogP contribution in [0.15, 0.2) is 53.4 Å². The Morgan fingerprint density at radius 1 is 1.10 bits per heavy atom. The Hall–Kier alpha value is -1.85. The lowest BCUT2D eigenvalue weighted by Gasteiger charge is -2.15. The van der Waals surface area contributed by atoms with Crippen LogP contribution in [0.2, 0.25) is 0 Å². The molecule has 0 aromatic heterocycles. The minimum atomic E-state index is -3.55. The van der Waals surface area contributed by atoms with Crippen molar-refractivity contribution in [2.45, 2.75) is 17.9 Å². The van der Waals surface area contributed by atoms with Gasteiger partial charge in [0.1, 0.15) is 5.75 Å². The second kappa shape index (κ2) is 6.28. The molecule has 0 saturated heterocycles. The van der Waals surface area contributed by atoms with Crippen molar-refractivity contribution in [2.75, 3.05) is 12.9 Å². The second-order valence-corrected chi connectivity index (χ2v) is 6.89. The lowest BCUT2D eigenvalue weighted by molar-refractivity contribution is 0.196. The zero-order valence-corrected chi connectivity index (χ0v) is 12.8. The highest BCUT2D eigenvalue weighted by Gasteiger charge is 2.22. The zero-order chi connectivity index (χ0) is 15.5. The quantitative estimate of drug-likeness (QED) is 0.922. The van der Waals surface area contributed by atoms with Gasteiger partial charge in [-0.15, -0.1) is 0 Å². The van der Waals surface area contributed by atoms with Crippen molar-refractivity contribution < 1.29 is 18.3 Å². The molecule has 112 valence electrons. The molecule has 5 heteroatoms. The first-order chi connectivity index (χ1) is 9.94. The van der Waals surface area contributed by atoms with Crippen molar-refractivity contribution in [3.05, 3.63) is 59.7 Å². The van der Waals surface area contributed by atoms with E-state index in [1.165, 1.54) is 7.11 Å². The van der Waals surface area contributed by atoms with Crippen LogP contribution in [0.25, 0.3) is 0 Å². The Balaban J connectivity index is 2.25. The molecule has 0 spiro atoms. The van der Waals surface area contributed by atoms with Gasteiger partial charge in [0.25, 0.3) is 0 Å². The molecule has 1 atom stereocenters. The van der Waals surface area contributed by atoms with Crippen LogP contribution in [-0.4, -0.2) is 26.4 Å². The molecule has 1 N–H and O–H groups in total. The van der Waals surface area contributed by atoms with E-state index >= 15 is 0 Å². The normalized spacial score (nSPS) is 12.9. The summed E-state index contributed by atoms with van der Waals surface area (Å²) in [6.45, 7) is 1.89. The summed E-state index contributed by atoms with van der Waals surface area (Å²) < 4.78 is 29.8. The Morgan fingerprint density at radius 2 is 1.71 bits per heavy atom. The minimum Gasteiger partial charge on any atom is -0.496 e. The summed E-state index contributed by atoms with van der Waals surface area (Å²) >= 11 is 0. The molecule has 1 unspecified atom stereocenters. The van der Waals surface area contributed by atoms with Gasteiger partial charge < -0.3 is 9.84 Å². The fourth-order valence-electron chi connectivity index (χ4n) is 2.08. The van der Waals surface area contributed by atoms with Crippen molar-refractivity contribution in [3.8, 4) is 5.75 Å². The maximum absolute atomic E-state index is 12.3. The molecule has 4 nitrogen and oxygen atoms in total. The molecule has 0 saturated carbocycles. The summed E-state index contributed by atoms with van der Waals surface area (Å²) in [6.07, 6.45) is -1.13. The van der Waals surface area contributed by atoms with Gasteiger partial charge in [0, 0.05) is 5.56 Å². The molecule has 21 heavy (non-hydrogen) atoms. The van der Waals surface area contributed by atoms with Gasteiger partial charge in [0.2, 0.25) is 0 Å². The summed E-state index contributed by atoms with van der Waals surface area (Å²) in [4.78, 5) is 0.210. The standard InChI is InChI=1S/C16H18O4S/c1-12-7-9-13(10-8-12)21(18,19)11-15(17)14-5-3-4-6-16(14)20-2/h3-10,15,17H,11H2,1-2H3. The molecule has 0 aliphatic rings. The van der Waals surface area contributed by atoms with Gasteiger partial charge in [-0.3, -0.25) is 0 Å². The number of benzene rings is 2. The first-order valence-corrected chi connectivity index (χ1v) is 8.19. The highest BCUT2D eigenvalue weighted by Crippen LogP contribution is 2.27. The number of methoxy groups -OCH3 is 1. The van der Waals surface area contributed by atoms with Crippen LogP contribution in [0, 0.1) is 6.92 Å². The van der Waals surface area contributed by atoms with Gasteiger partial charge in [0.05, 0.1) is 23.9 Å². The van der Waals surface area contributed by atoms with Gasteiger partial charge in [-0.25, -0.2) is 8.42 Å². The van der Waals surface area contributed by atoms with Crippen molar-refractivity contribution in [3.63, 3.8) is 0 Å². The van der Waals surface area contributed by atoms with E-state index in [0.29, 0.717) is 11.3 Å². The predicted molar refractivity (Wildman–Crippen MR) is 81.2 cm³/mol. The van der Waals surface area contributed by atoms with E-state index in [0.717, 1.165) is 5.56 Å². The SMILES string of the molecule is COc1ccccc1C(O)CS(=O)(=O)c1ccc(C)cc1. The van der Waals surface area contributed by atoms with E-state index in [1.54, 1.807) is 48.5 Å². The highest BCUT2D eigenvalue weighted by atomic mass is 32.2. The van der Waals surface area contributed by atoms with Gasteiger partial charge in [-0.1, -0.05) is 35.9 Å². The number of hydrogen-bond acceptors (Lipinski definition) is 4. The van der Waals surface area contributed by atoms with Crippen molar-refractivity contribution in [1.82, 2.24) is 0 Å². The fraction of sp³-hybridized carbons (Fsp3) is 0.250. The van der Waals surface area contributed by atoms with E-state index in [9.17, 15) is 13.5 Å². The lowest BCUT2D eigenvalue weighted by Crippen LogP contribution is -2.15. The fourth-order valence-corrected chi connectivity index (χ4v) is 3.42. The van der Waals surface area contributed by atoms with E-state index in [2.05, 4.69) is 0 Å². The molecule has 2 aromatic rings. The molecule has 0 heterocycles. The number of hydrogen-bond donors (Lipinski definition) is 1. The molecule has 0 aliphatic carbocycles. The molecule has 0 fully saturated rings. The number of para-hydroxylation sites is 1. The Morgan fingerprint density at radius 3 is 2.33 bits per heavy atom. The third kappa shape index (κ3) is 3.62. The maximum atomic E-state index is 12.3. The van der Waals surface area contributed by atoms with Crippen LogP contribution >= 0.6 is 0 Å². The highest BCUT2D eigenvalue weighted by molar-refractivity contribution is 7.91. The van der Waals surface area contributed by atoms with Crippen LogP contribution in [0.1, 0.15) is 17.2 Å². The smallest absolute Gasteiger partial charge is 0.181 e. The topological polar surface area (TPSA) is 63.6 Å². The van der Waals surface area contributed by atoms with Gasteiger partial charge in [0.15, 0.2) is 9.84 Å². The van der Waals surface area contributed by atoms with E-state index in [-0.39, 0.29) is 10.6 Å². The van der Waals surface area contributed by atoms with E-state index in [4.69, 9.17) is 4.74 Å². The van der Waals surface area contributed by atoms with Crippen LogP contribution in [-0.2, 0) is 9.84 Å². The Labute approximate surface area is 124 Å². The summed E-state index contributed by atoms with van der Waals surface area (Å²) in [5, 5.41) is 10.2. The van der Waals surface area contributed by atoms with E-state index < -0.39 is 15.9 Å². The molecular formula is C16H18O4S. The maximum Gasteiger partial charge on any atom is 0.181 e. The molecule has 2 aromatic carbocycles. The van der Waals surface area contributed by atoms with E-state index in [1.807, 2.05) is 6.92 Å². The first kappa shape index (κ1) is 15.5. The number of aryl methyl sites for hydroxylation is 1. The number of rotatable bonds is 5. The number of ether oxygens (including phenoxy) is 1. The number of aliphatic hydroxyl groups excluding tert-OH is 1. The third-order valence-corrected chi connectivity index (χ3v) is 5.00. The van der Waals surface area contributed by atoms with Crippen LogP contribution < -0.4 is 4.74 Å². The van der Waals surface area contributed by atoms with Crippen molar-refractivity contribution >= 4 is 9.84 Å². The average molecular weight is 306 g/mol. The molecule has 0 amide bonds. The Bertz CT molecular complexity index is 705. The van der Waals surface area contributed by atoms with Crippen LogP contribution in [0.5, 0.6) is 5.75 Å². The zero-order valence-electron chi connectivity index (χ0n) is 12.0. The van der Waals surface area contributed by atoms with Crippen LogP contribution in [0.4, 0.5) is 0 Å². The molecule has 0 bridgehead atoms. The van der Waals surface area contributed by atoms with Gasteiger partial charge in [-0.2, -0.15) is 0 Å². The molecule has 0 radical (unpaired) electrons. The van der Waals surface area contributed by atoms with Crippen molar-refractivity contribution in [2.24, 2.45) is 0 Å². The molecular weight excluding hydrogens is 288 g/mol. The number of sulfone groups is 1. The summed E-state index contributed by atoms with van der Waals surface area (Å²) in [7, 11) is -2.07. The monoisotopic (exact) mass is 306 g/mol. The lowest BCUT2D eigenvalue weighted by atomic mass is 10.1. The first-order valence-electron chi connectivity index (χ1n) is 6.54. The molecule has 0 aliphatic heterocycles. The Kier molecular flexibility index (Phi) is 4.65. The van der Waals surface area contributed by atoms with Crippen molar-refractivity contribution in [1.29, 1.82) is 0 Å². The van der Waals surface area contributed by atoms with Gasteiger partial charge >= 0.3 is 0 Å². The summed E-state index contributed by atoms with van der Waals surface area (Å²) in [5.74, 6) is 0.0975. The number of aliphatic hydroxyl groups is 1. The summed E-state index contributed by atoms with van der Waals surface area (Å²) in [6, 6.07) is 13.4. The van der Waals surface area contributed by atoms with Gasteiger partial charge in [-0.05, 0) is 25.1 Å². The summed E-state index contributed by atoms with van der Waals surface area (Å²) in [5.41, 5.74) is 1.45. The average Bonchev–Trinajstić information content (AvgIpc) is 2.47. The predicted octanol–water partition coefficient (Wildman–Crippen LogP) is 2.51.